The van der Waals surface area contributed by atoms with Crippen molar-refractivity contribution in [3.8, 4) is 5.75 Å². The van der Waals surface area contributed by atoms with Gasteiger partial charge in [-0.2, -0.15) is 13.9 Å². The van der Waals surface area contributed by atoms with Crippen molar-refractivity contribution in [2.75, 3.05) is 6.61 Å². The number of rotatable bonds is 11. The number of para-hydroxylation sites is 1. The summed E-state index contributed by atoms with van der Waals surface area (Å²) in [5.74, 6) is -5.16. The first-order chi connectivity index (χ1) is 18.2. The summed E-state index contributed by atoms with van der Waals surface area (Å²) in [6.07, 6.45) is -5.35. The average Bonchev–Trinajstić information content (AvgIpc) is 3.04. The zero-order valence-corrected chi connectivity index (χ0v) is 21.7. The van der Waals surface area contributed by atoms with Gasteiger partial charge in [-0.15, -0.1) is 0 Å². The maximum Gasteiger partial charge on any atom is 0.459 e. The highest BCUT2D eigenvalue weighted by Gasteiger charge is 2.67. The molecule has 1 aliphatic heterocycles. The lowest BCUT2D eigenvalue weighted by atomic mass is 10.1. The van der Waals surface area contributed by atoms with E-state index in [0.29, 0.717) is 6.20 Å². The topological polar surface area (TPSA) is 207 Å². The summed E-state index contributed by atoms with van der Waals surface area (Å²) in [4.78, 5) is 40.0. The van der Waals surface area contributed by atoms with Gasteiger partial charge in [0, 0.05) is 17.2 Å². The number of aromatic nitrogens is 2. The summed E-state index contributed by atoms with van der Waals surface area (Å²) in [5, 5.41) is 15.9. The molecule has 39 heavy (non-hydrogen) atoms. The number of aliphatic hydroxyl groups is 1. The van der Waals surface area contributed by atoms with Crippen LogP contribution in [0.4, 0.5) is 8.78 Å². The third-order valence-corrected chi connectivity index (χ3v) is 6.85. The average molecular weight is 574 g/mol. The van der Waals surface area contributed by atoms with E-state index in [1.807, 2.05) is 0 Å². The molecular formula is C21H25F2N6O9P. The molecule has 2 heterocycles. The van der Waals surface area contributed by atoms with Crippen molar-refractivity contribution in [1.29, 1.82) is 0 Å². The number of halogens is 2. The molecule has 212 valence electrons. The van der Waals surface area contributed by atoms with Gasteiger partial charge in [-0.05, 0) is 38.4 Å². The van der Waals surface area contributed by atoms with Crippen molar-refractivity contribution in [1.82, 2.24) is 14.6 Å². The Bertz CT molecular complexity index is 1400. The van der Waals surface area contributed by atoms with Crippen LogP contribution in [0.2, 0.25) is 0 Å². The van der Waals surface area contributed by atoms with Crippen LogP contribution in [0, 0.1) is 0 Å². The third-order valence-electron chi connectivity index (χ3n) is 5.22. The lowest BCUT2D eigenvalue weighted by molar-refractivity contribution is -0.149. The van der Waals surface area contributed by atoms with E-state index < -0.39 is 67.7 Å². The lowest BCUT2D eigenvalue weighted by Gasteiger charge is -2.29. The Hall–Kier alpha value is -3.59. The second-order valence-corrected chi connectivity index (χ2v) is 10.3. The van der Waals surface area contributed by atoms with Crippen LogP contribution in [0.15, 0.2) is 57.3 Å². The number of carbonyl (C=O) groups is 1. The minimum absolute atomic E-state index is 0.0218. The van der Waals surface area contributed by atoms with Gasteiger partial charge in [-0.3, -0.25) is 23.7 Å². The highest BCUT2D eigenvalue weighted by atomic mass is 31.2. The fraction of sp³-hybridized carbons (Fsp3) is 0.476. The van der Waals surface area contributed by atoms with Crippen LogP contribution >= 0.6 is 7.75 Å². The van der Waals surface area contributed by atoms with E-state index in [1.165, 1.54) is 31.2 Å². The summed E-state index contributed by atoms with van der Waals surface area (Å²) in [6.45, 7) is 3.12. The summed E-state index contributed by atoms with van der Waals surface area (Å²) in [5.41, 5.74) is 3.92. The van der Waals surface area contributed by atoms with Gasteiger partial charge < -0.3 is 19.1 Å². The predicted octanol–water partition coefficient (Wildman–Crippen LogP) is 2.20. The van der Waals surface area contributed by atoms with Gasteiger partial charge in [0.2, 0.25) is 12.0 Å². The van der Waals surface area contributed by atoms with Crippen LogP contribution in [0.25, 0.3) is 10.4 Å². The van der Waals surface area contributed by atoms with Gasteiger partial charge in [0.05, 0.1) is 12.7 Å². The molecule has 15 nitrogen and oxygen atoms in total. The molecule has 1 unspecified atom stereocenters. The molecule has 1 saturated heterocycles. The fourth-order valence-electron chi connectivity index (χ4n) is 3.43. The van der Waals surface area contributed by atoms with Crippen LogP contribution in [-0.4, -0.2) is 57.1 Å². The van der Waals surface area contributed by atoms with Crippen LogP contribution in [-0.2, 0) is 23.4 Å². The molecule has 5 atom stereocenters. The van der Waals surface area contributed by atoms with E-state index >= 15 is 8.78 Å². The SMILES string of the molecule is CC(C)OC(=O)[C@H](C)NP(=O)(OC[C@@]1(N=[N+]=[N-])O[C@@H](n2ccc(=O)[nH]c2=O)C(F)(F)[C@@H]1O)Oc1ccccc1. The molecule has 3 rings (SSSR count). The number of H-pyrrole nitrogens is 1. The van der Waals surface area contributed by atoms with E-state index in [1.54, 1.807) is 24.9 Å². The van der Waals surface area contributed by atoms with Crippen LogP contribution in [0.5, 0.6) is 5.75 Å². The van der Waals surface area contributed by atoms with Gasteiger partial charge in [-0.1, -0.05) is 23.3 Å². The Balaban J connectivity index is 1.95. The van der Waals surface area contributed by atoms with Crippen LogP contribution in [0.3, 0.4) is 0 Å². The van der Waals surface area contributed by atoms with E-state index in [-0.39, 0.29) is 10.3 Å². The molecule has 0 saturated carbocycles. The number of nitrogens with one attached hydrogen (secondary N) is 2. The van der Waals surface area contributed by atoms with Crippen molar-refractivity contribution in [2.45, 2.75) is 56.9 Å². The van der Waals surface area contributed by atoms with Crippen LogP contribution < -0.4 is 20.9 Å². The number of nitrogens with zero attached hydrogens (tertiary/aromatic N) is 4. The molecule has 1 fully saturated rings. The molecule has 1 aromatic heterocycles. The first-order valence-electron chi connectivity index (χ1n) is 11.3. The number of esters is 1. The van der Waals surface area contributed by atoms with Crippen molar-refractivity contribution >= 4 is 13.7 Å². The number of hydrogen-bond acceptors (Lipinski definition) is 10. The van der Waals surface area contributed by atoms with Crippen molar-refractivity contribution in [3.63, 3.8) is 0 Å². The first kappa shape index (κ1) is 30.0. The van der Waals surface area contributed by atoms with Gasteiger partial charge in [0.1, 0.15) is 11.8 Å². The van der Waals surface area contributed by atoms with Gasteiger partial charge in [0.25, 0.3) is 5.56 Å². The van der Waals surface area contributed by atoms with E-state index in [4.69, 9.17) is 24.1 Å². The molecule has 0 radical (unpaired) electrons. The smallest absolute Gasteiger partial charge is 0.459 e. The Kier molecular flexibility index (Phi) is 8.95. The number of aromatic amines is 1. The maximum absolute atomic E-state index is 15.1. The Morgan fingerprint density at radius 3 is 2.56 bits per heavy atom. The molecular weight excluding hydrogens is 549 g/mol. The second kappa shape index (κ2) is 11.7. The Morgan fingerprint density at radius 2 is 1.97 bits per heavy atom. The van der Waals surface area contributed by atoms with Crippen molar-refractivity contribution < 1.29 is 41.8 Å². The van der Waals surface area contributed by atoms with Crippen molar-refractivity contribution in [2.24, 2.45) is 5.11 Å². The number of aliphatic hydroxyl groups excluding tert-OH is 1. The lowest BCUT2D eigenvalue weighted by Crippen LogP contribution is -2.48. The molecule has 0 aliphatic carbocycles. The minimum Gasteiger partial charge on any atom is -0.462 e. The number of azide groups is 1. The Labute approximate surface area is 218 Å². The second-order valence-electron chi connectivity index (χ2n) is 8.61. The molecule has 0 amide bonds. The monoisotopic (exact) mass is 574 g/mol. The van der Waals surface area contributed by atoms with Crippen molar-refractivity contribution in [3.05, 3.63) is 73.9 Å². The normalized spacial score (nSPS) is 24.4. The minimum atomic E-state index is -4.68. The third kappa shape index (κ3) is 6.71. The van der Waals surface area contributed by atoms with E-state index in [9.17, 15) is 24.1 Å². The highest BCUT2D eigenvalue weighted by Crippen LogP contribution is 2.52. The highest BCUT2D eigenvalue weighted by molar-refractivity contribution is 7.52. The number of ether oxygens (including phenoxy) is 2. The molecule has 0 bridgehead atoms. The quantitative estimate of drug-likeness (QED) is 0.117. The fourth-order valence-corrected chi connectivity index (χ4v) is 4.95. The number of hydrogen-bond donors (Lipinski definition) is 3. The summed E-state index contributed by atoms with van der Waals surface area (Å²) in [6, 6.07) is 6.87. The van der Waals surface area contributed by atoms with Crippen LogP contribution in [0.1, 0.15) is 27.0 Å². The molecule has 1 aromatic carbocycles. The molecule has 2 aromatic rings. The molecule has 18 heteroatoms. The summed E-state index contributed by atoms with van der Waals surface area (Å²) < 4.78 is 65.2. The molecule has 0 spiro atoms. The van der Waals surface area contributed by atoms with Gasteiger partial charge in [0.15, 0.2) is 6.10 Å². The Morgan fingerprint density at radius 1 is 1.31 bits per heavy atom. The summed E-state index contributed by atoms with van der Waals surface area (Å²) in [7, 11) is -4.68. The van der Waals surface area contributed by atoms with E-state index in [0.717, 1.165) is 6.07 Å². The number of benzene rings is 1. The summed E-state index contributed by atoms with van der Waals surface area (Å²) >= 11 is 0. The molecule has 1 aliphatic rings. The van der Waals surface area contributed by atoms with Gasteiger partial charge in [-0.25, -0.2) is 9.36 Å². The standard InChI is InChI=1S/C21H25F2N6O9P/c1-12(2)36-16(31)13(3)26-39(34,38-14-7-5-4-6-8-14)35-11-20(27-28-24)17(32)21(22,23)18(37-20)29-10-9-15(30)25-19(29)33/h4-10,12-13,17-18,32H,11H2,1-3H3,(H,26,34)(H,25,30,33)/t13-,17+,18+,20+,39?/m0/s1. The largest absolute Gasteiger partial charge is 0.462 e. The van der Waals surface area contributed by atoms with Gasteiger partial charge >= 0.3 is 25.3 Å². The first-order valence-corrected chi connectivity index (χ1v) is 12.9. The predicted molar refractivity (Wildman–Crippen MR) is 129 cm³/mol. The maximum atomic E-state index is 15.1. The zero-order valence-electron chi connectivity index (χ0n) is 20.8. The zero-order chi connectivity index (χ0) is 29.0. The molecule has 3 N–H and O–H groups in total. The number of carbonyl (C=O) groups excluding carboxylic acids is 1. The van der Waals surface area contributed by atoms with E-state index in [2.05, 4.69) is 15.1 Å². The number of alkyl halides is 2.